The SMILES string of the molecule is CCCOc1c(Cl)cc(C(=O)NCc2cnc3ccccc3c2)cc1OC. The van der Waals surface area contributed by atoms with Gasteiger partial charge in [-0.3, -0.25) is 9.78 Å². The molecule has 27 heavy (non-hydrogen) atoms. The van der Waals surface area contributed by atoms with E-state index in [-0.39, 0.29) is 5.91 Å². The van der Waals surface area contributed by atoms with E-state index >= 15 is 0 Å². The third-order valence-corrected chi connectivity index (χ3v) is 4.32. The fourth-order valence-corrected chi connectivity index (χ4v) is 2.96. The lowest BCUT2D eigenvalue weighted by atomic mass is 10.1. The fourth-order valence-electron chi connectivity index (χ4n) is 2.69. The number of carbonyl (C=O) groups excluding carboxylic acids is 1. The molecule has 1 N–H and O–H groups in total. The molecule has 3 rings (SSSR count). The zero-order chi connectivity index (χ0) is 19.2. The van der Waals surface area contributed by atoms with E-state index in [1.165, 1.54) is 7.11 Å². The van der Waals surface area contributed by atoms with Crippen molar-refractivity contribution in [3.05, 3.63) is 64.8 Å². The molecule has 0 spiro atoms. The molecule has 0 bridgehead atoms. The first-order chi connectivity index (χ1) is 13.1. The predicted octanol–water partition coefficient (Wildman–Crippen LogP) is 4.62. The Morgan fingerprint density at radius 3 is 2.81 bits per heavy atom. The molecule has 0 saturated carbocycles. The summed E-state index contributed by atoms with van der Waals surface area (Å²) >= 11 is 6.28. The number of nitrogens with zero attached hydrogens (tertiary/aromatic N) is 1. The topological polar surface area (TPSA) is 60.5 Å². The van der Waals surface area contributed by atoms with E-state index in [2.05, 4.69) is 10.3 Å². The molecule has 5 nitrogen and oxygen atoms in total. The fraction of sp³-hybridized carbons (Fsp3) is 0.238. The van der Waals surface area contributed by atoms with E-state index in [1.54, 1.807) is 18.3 Å². The number of halogens is 1. The first-order valence-electron chi connectivity index (χ1n) is 8.74. The second kappa shape index (κ2) is 8.73. The number of hydrogen-bond donors (Lipinski definition) is 1. The van der Waals surface area contributed by atoms with Crippen LogP contribution in [0.25, 0.3) is 10.9 Å². The molecule has 0 radical (unpaired) electrons. The molecule has 140 valence electrons. The first-order valence-corrected chi connectivity index (χ1v) is 9.12. The van der Waals surface area contributed by atoms with Gasteiger partial charge in [0.1, 0.15) is 0 Å². The molecule has 0 atom stereocenters. The second-order valence-electron chi connectivity index (χ2n) is 6.06. The van der Waals surface area contributed by atoms with Crippen LogP contribution in [0.1, 0.15) is 29.3 Å². The molecule has 6 heteroatoms. The number of nitrogens with one attached hydrogen (secondary N) is 1. The number of hydrogen-bond acceptors (Lipinski definition) is 4. The van der Waals surface area contributed by atoms with Crippen LogP contribution in [-0.2, 0) is 6.54 Å². The lowest BCUT2D eigenvalue weighted by molar-refractivity contribution is 0.0950. The zero-order valence-corrected chi connectivity index (χ0v) is 16.0. The number of ether oxygens (including phenoxy) is 2. The van der Waals surface area contributed by atoms with Crippen molar-refractivity contribution in [1.82, 2.24) is 10.3 Å². The van der Waals surface area contributed by atoms with E-state index in [4.69, 9.17) is 21.1 Å². The van der Waals surface area contributed by atoms with E-state index in [1.807, 2.05) is 37.3 Å². The molecular formula is C21H21ClN2O3. The van der Waals surface area contributed by atoms with Crippen molar-refractivity contribution in [2.75, 3.05) is 13.7 Å². The van der Waals surface area contributed by atoms with Crippen molar-refractivity contribution < 1.29 is 14.3 Å². The Morgan fingerprint density at radius 1 is 1.22 bits per heavy atom. The molecule has 1 aromatic heterocycles. The summed E-state index contributed by atoms with van der Waals surface area (Å²) in [5, 5.41) is 4.27. The van der Waals surface area contributed by atoms with Crippen molar-refractivity contribution in [2.45, 2.75) is 19.9 Å². The van der Waals surface area contributed by atoms with Crippen LogP contribution in [0.3, 0.4) is 0 Å². The van der Waals surface area contributed by atoms with Gasteiger partial charge in [0.05, 0.1) is 24.3 Å². The van der Waals surface area contributed by atoms with Crippen LogP contribution in [0.4, 0.5) is 0 Å². The monoisotopic (exact) mass is 384 g/mol. The van der Waals surface area contributed by atoms with E-state index in [0.717, 1.165) is 22.9 Å². The highest BCUT2D eigenvalue weighted by Gasteiger charge is 2.16. The van der Waals surface area contributed by atoms with Crippen molar-refractivity contribution in [2.24, 2.45) is 0 Å². The summed E-state index contributed by atoms with van der Waals surface area (Å²) in [4.78, 5) is 16.9. The molecule has 1 amide bonds. The van der Waals surface area contributed by atoms with Crippen LogP contribution in [0.5, 0.6) is 11.5 Å². The summed E-state index contributed by atoms with van der Waals surface area (Å²) < 4.78 is 10.9. The van der Waals surface area contributed by atoms with Crippen molar-refractivity contribution in [3.63, 3.8) is 0 Å². The van der Waals surface area contributed by atoms with Gasteiger partial charge in [-0.05, 0) is 36.2 Å². The third kappa shape index (κ3) is 4.49. The van der Waals surface area contributed by atoms with Gasteiger partial charge in [-0.2, -0.15) is 0 Å². The molecule has 1 heterocycles. The minimum absolute atomic E-state index is 0.245. The lowest BCUT2D eigenvalue weighted by Crippen LogP contribution is -2.23. The third-order valence-electron chi connectivity index (χ3n) is 4.04. The van der Waals surface area contributed by atoms with Crippen LogP contribution >= 0.6 is 11.6 Å². The maximum Gasteiger partial charge on any atom is 0.251 e. The number of amides is 1. The zero-order valence-electron chi connectivity index (χ0n) is 15.3. The molecular weight excluding hydrogens is 364 g/mol. The number of benzene rings is 2. The Kier molecular flexibility index (Phi) is 6.14. The van der Waals surface area contributed by atoms with Crippen molar-refractivity contribution in [3.8, 4) is 11.5 Å². The number of aromatic nitrogens is 1. The number of methoxy groups -OCH3 is 1. The molecule has 0 fully saturated rings. The number of fused-ring (bicyclic) bond motifs is 1. The number of carbonyl (C=O) groups is 1. The van der Waals surface area contributed by atoms with Crippen LogP contribution in [0, 0.1) is 0 Å². The first kappa shape index (κ1) is 19.0. The molecule has 0 aliphatic heterocycles. The van der Waals surface area contributed by atoms with Gasteiger partial charge >= 0.3 is 0 Å². The summed E-state index contributed by atoms with van der Waals surface area (Å²) in [7, 11) is 1.52. The van der Waals surface area contributed by atoms with Gasteiger partial charge in [0.2, 0.25) is 0 Å². The summed E-state index contributed by atoms with van der Waals surface area (Å²) in [6, 6.07) is 13.1. The van der Waals surface area contributed by atoms with Crippen LogP contribution in [-0.4, -0.2) is 24.6 Å². The molecule has 0 aliphatic carbocycles. The Balaban J connectivity index is 1.74. The molecule has 0 saturated heterocycles. The Morgan fingerprint density at radius 2 is 2.04 bits per heavy atom. The summed E-state index contributed by atoms with van der Waals surface area (Å²) in [5.74, 6) is 0.648. The highest BCUT2D eigenvalue weighted by molar-refractivity contribution is 6.32. The lowest BCUT2D eigenvalue weighted by Gasteiger charge is -2.14. The summed E-state index contributed by atoms with van der Waals surface area (Å²) in [5.41, 5.74) is 2.25. The molecule has 0 unspecified atom stereocenters. The standard InChI is InChI=1S/C21H21ClN2O3/c1-3-8-27-20-17(22)10-16(11-19(20)26-2)21(25)24-13-14-9-15-6-4-5-7-18(15)23-12-14/h4-7,9-12H,3,8,13H2,1-2H3,(H,24,25). The second-order valence-corrected chi connectivity index (χ2v) is 6.46. The average molecular weight is 385 g/mol. The van der Waals surface area contributed by atoms with E-state index in [9.17, 15) is 4.79 Å². The van der Waals surface area contributed by atoms with Gasteiger partial charge in [-0.15, -0.1) is 0 Å². The molecule has 0 aliphatic rings. The van der Waals surface area contributed by atoms with Gasteiger partial charge < -0.3 is 14.8 Å². The normalized spacial score (nSPS) is 10.6. The van der Waals surface area contributed by atoms with Gasteiger partial charge in [-0.25, -0.2) is 0 Å². The smallest absolute Gasteiger partial charge is 0.251 e. The Bertz CT molecular complexity index is 959. The largest absolute Gasteiger partial charge is 0.493 e. The Labute approximate surface area is 163 Å². The van der Waals surface area contributed by atoms with Crippen molar-refractivity contribution >= 4 is 28.4 Å². The van der Waals surface area contributed by atoms with Crippen LogP contribution in [0.15, 0.2) is 48.7 Å². The molecule has 3 aromatic rings. The van der Waals surface area contributed by atoms with Gasteiger partial charge in [0, 0.05) is 23.7 Å². The minimum atomic E-state index is -0.245. The van der Waals surface area contributed by atoms with Crippen molar-refractivity contribution in [1.29, 1.82) is 0 Å². The van der Waals surface area contributed by atoms with Gasteiger partial charge in [0.15, 0.2) is 11.5 Å². The van der Waals surface area contributed by atoms with E-state index in [0.29, 0.717) is 35.2 Å². The van der Waals surface area contributed by atoms with Crippen LogP contribution < -0.4 is 14.8 Å². The average Bonchev–Trinajstić information content (AvgIpc) is 2.70. The quantitative estimate of drug-likeness (QED) is 0.645. The predicted molar refractivity (Wildman–Crippen MR) is 107 cm³/mol. The highest BCUT2D eigenvalue weighted by atomic mass is 35.5. The van der Waals surface area contributed by atoms with Gasteiger partial charge in [-0.1, -0.05) is 36.7 Å². The number of para-hydroxylation sites is 1. The number of pyridine rings is 1. The van der Waals surface area contributed by atoms with Gasteiger partial charge in [0.25, 0.3) is 5.91 Å². The maximum absolute atomic E-state index is 12.5. The molecule has 2 aromatic carbocycles. The highest BCUT2D eigenvalue weighted by Crippen LogP contribution is 2.36. The van der Waals surface area contributed by atoms with E-state index < -0.39 is 0 Å². The summed E-state index contributed by atoms with van der Waals surface area (Å²) in [6.45, 7) is 2.89. The Hall–Kier alpha value is -2.79. The number of rotatable bonds is 7. The van der Waals surface area contributed by atoms with Crippen LogP contribution in [0.2, 0.25) is 5.02 Å². The maximum atomic E-state index is 12.5. The summed E-state index contributed by atoms with van der Waals surface area (Å²) in [6.07, 6.45) is 2.61. The minimum Gasteiger partial charge on any atom is -0.493 e.